The lowest BCUT2D eigenvalue weighted by atomic mass is 10.1. The Morgan fingerprint density at radius 2 is 1.92 bits per heavy atom. The molecule has 0 spiro atoms. The first-order chi connectivity index (χ1) is 12.0. The molecule has 1 amide bonds. The van der Waals surface area contributed by atoms with Gasteiger partial charge < -0.3 is 5.32 Å². The van der Waals surface area contributed by atoms with Crippen LogP contribution in [0.1, 0.15) is 25.7 Å². The van der Waals surface area contributed by atoms with Gasteiger partial charge in [-0.1, -0.05) is 12.1 Å². The van der Waals surface area contributed by atoms with Gasteiger partial charge >= 0.3 is 6.18 Å². The Labute approximate surface area is 153 Å². The van der Waals surface area contributed by atoms with Gasteiger partial charge in [0.05, 0.1) is 16.7 Å². The highest BCUT2D eigenvalue weighted by atomic mass is 32.2. The molecule has 0 saturated heterocycles. The quantitative estimate of drug-likeness (QED) is 0.743. The van der Waals surface area contributed by atoms with E-state index in [1.165, 1.54) is 23.5 Å². The first-order valence-corrected chi connectivity index (χ1v) is 10.2. The van der Waals surface area contributed by atoms with Crippen molar-refractivity contribution in [2.24, 2.45) is 0 Å². The molecule has 10 heteroatoms. The molecular formula is C16H17F3N2O3S2. The molecule has 0 atom stereocenters. The summed E-state index contributed by atoms with van der Waals surface area (Å²) in [5.41, 5.74) is -0.414. The molecule has 1 heterocycles. The third-order valence-electron chi connectivity index (χ3n) is 3.33. The zero-order chi connectivity index (χ0) is 19.4. The molecule has 2 N–H and O–H groups in total. The van der Waals surface area contributed by atoms with Crippen molar-refractivity contribution < 1.29 is 26.4 Å². The average molecular weight is 406 g/mol. The second kappa shape index (κ2) is 8.19. The number of halogens is 3. The van der Waals surface area contributed by atoms with Crippen LogP contribution in [-0.2, 0) is 29.2 Å². The fourth-order valence-electron chi connectivity index (χ4n) is 2.12. The normalized spacial score (nSPS) is 12.2. The first kappa shape index (κ1) is 20.4. The van der Waals surface area contributed by atoms with Gasteiger partial charge in [0.15, 0.2) is 0 Å². The summed E-state index contributed by atoms with van der Waals surface area (Å²) in [5.74, 6) is -0.394. The van der Waals surface area contributed by atoms with Crippen LogP contribution in [0.15, 0.2) is 36.4 Å². The summed E-state index contributed by atoms with van der Waals surface area (Å²) >= 11 is 1.21. The Kier molecular flexibility index (Phi) is 6.43. The van der Waals surface area contributed by atoms with E-state index in [2.05, 4.69) is 10.0 Å². The molecule has 0 aliphatic rings. The van der Waals surface area contributed by atoms with Crippen LogP contribution in [0.5, 0.6) is 0 Å². The molecule has 1 aromatic heterocycles. The van der Waals surface area contributed by atoms with E-state index >= 15 is 0 Å². The molecule has 0 unspecified atom stereocenters. The molecule has 0 bridgehead atoms. The minimum Gasteiger partial charge on any atom is -0.347 e. The third-order valence-corrected chi connectivity index (χ3v) is 5.20. The summed E-state index contributed by atoms with van der Waals surface area (Å²) < 4.78 is 62.4. The maximum Gasteiger partial charge on any atom is 0.416 e. The number of hydrogen-bond acceptors (Lipinski definition) is 4. The van der Waals surface area contributed by atoms with Crippen molar-refractivity contribution in [1.82, 2.24) is 10.0 Å². The number of alkyl halides is 3. The predicted octanol–water partition coefficient (Wildman–Crippen LogP) is 2.79. The van der Waals surface area contributed by atoms with E-state index in [0.717, 1.165) is 23.3 Å². The van der Waals surface area contributed by atoms with E-state index in [-0.39, 0.29) is 13.1 Å². The van der Waals surface area contributed by atoms with Gasteiger partial charge in [-0.25, -0.2) is 13.1 Å². The standard InChI is InChI=1S/C16H17F3N2O3S2/c1-26(23,24)21-8-7-13-5-6-14(25-13)15(22)20-10-11-3-2-4-12(9-11)16(17,18)19/h2-6,9,21H,7-8,10H2,1H3,(H,20,22). The number of carbonyl (C=O) groups is 1. The molecule has 0 fully saturated rings. The fourth-order valence-corrected chi connectivity index (χ4v) is 3.52. The number of nitrogens with one attached hydrogen (secondary N) is 2. The highest BCUT2D eigenvalue weighted by Gasteiger charge is 2.30. The first-order valence-electron chi connectivity index (χ1n) is 7.52. The summed E-state index contributed by atoms with van der Waals surface area (Å²) in [6.45, 7) is 0.205. The summed E-state index contributed by atoms with van der Waals surface area (Å²) in [6, 6.07) is 8.09. The van der Waals surface area contributed by atoms with Crippen molar-refractivity contribution in [3.05, 3.63) is 57.3 Å². The molecule has 0 saturated carbocycles. The van der Waals surface area contributed by atoms with Crippen LogP contribution in [0.25, 0.3) is 0 Å². The Balaban J connectivity index is 1.91. The lowest BCUT2D eigenvalue weighted by molar-refractivity contribution is -0.137. The molecule has 0 aliphatic heterocycles. The van der Waals surface area contributed by atoms with Crippen LogP contribution >= 0.6 is 11.3 Å². The molecule has 0 aliphatic carbocycles. The van der Waals surface area contributed by atoms with Gasteiger partial charge in [-0.2, -0.15) is 13.2 Å². The van der Waals surface area contributed by atoms with Crippen molar-refractivity contribution >= 4 is 27.3 Å². The van der Waals surface area contributed by atoms with E-state index in [0.29, 0.717) is 16.9 Å². The highest BCUT2D eigenvalue weighted by molar-refractivity contribution is 7.88. The van der Waals surface area contributed by atoms with Crippen LogP contribution in [0.3, 0.4) is 0 Å². The summed E-state index contributed by atoms with van der Waals surface area (Å²) in [6.07, 6.45) is -2.92. The van der Waals surface area contributed by atoms with Crippen LogP contribution in [0, 0.1) is 0 Å². The molecular weight excluding hydrogens is 389 g/mol. The Morgan fingerprint density at radius 3 is 2.58 bits per heavy atom. The van der Waals surface area contributed by atoms with E-state index in [1.54, 1.807) is 12.1 Å². The Morgan fingerprint density at radius 1 is 1.19 bits per heavy atom. The summed E-state index contributed by atoms with van der Waals surface area (Å²) in [4.78, 5) is 13.3. The van der Waals surface area contributed by atoms with E-state index in [1.807, 2.05) is 0 Å². The van der Waals surface area contributed by atoms with E-state index in [4.69, 9.17) is 0 Å². The number of benzene rings is 1. The van der Waals surface area contributed by atoms with Crippen molar-refractivity contribution in [3.63, 3.8) is 0 Å². The average Bonchev–Trinajstić information content (AvgIpc) is 3.00. The smallest absolute Gasteiger partial charge is 0.347 e. The van der Waals surface area contributed by atoms with Gasteiger partial charge in [0, 0.05) is 18.0 Å². The number of hydrogen-bond donors (Lipinski definition) is 2. The second-order valence-corrected chi connectivity index (χ2v) is 8.56. The topological polar surface area (TPSA) is 75.3 Å². The van der Waals surface area contributed by atoms with Crippen molar-refractivity contribution in [1.29, 1.82) is 0 Å². The van der Waals surface area contributed by atoms with Crippen molar-refractivity contribution in [2.75, 3.05) is 12.8 Å². The Hall–Kier alpha value is -1.91. The largest absolute Gasteiger partial charge is 0.416 e. The van der Waals surface area contributed by atoms with Crippen molar-refractivity contribution in [2.45, 2.75) is 19.1 Å². The van der Waals surface area contributed by atoms with Crippen LogP contribution in [-0.4, -0.2) is 27.1 Å². The van der Waals surface area contributed by atoms with Gasteiger partial charge in [-0.3, -0.25) is 4.79 Å². The van der Waals surface area contributed by atoms with Gasteiger partial charge in [0.2, 0.25) is 10.0 Å². The molecule has 0 radical (unpaired) electrons. The van der Waals surface area contributed by atoms with Gasteiger partial charge in [0.25, 0.3) is 5.91 Å². The van der Waals surface area contributed by atoms with E-state index in [9.17, 15) is 26.4 Å². The zero-order valence-corrected chi connectivity index (χ0v) is 15.4. The number of sulfonamides is 1. The molecule has 2 aromatic rings. The fraction of sp³-hybridized carbons (Fsp3) is 0.312. The van der Waals surface area contributed by atoms with Crippen LogP contribution < -0.4 is 10.0 Å². The molecule has 5 nitrogen and oxygen atoms in total. The maximum absolute atomic E-state index is 12.7. The molecule has 142 valence electrons. The number of rotatable bonds is 7. The highest BCUT2D eigenvalue weighted by Crippen LogP contribution is 2.29. The number of carbonyl (C=O) groups excluding carboxylic acids is 1. The van der Waals surface area contributed by atoms with Gasteiger partial charge in [0.1, 0.15) is 0 Å². The van der Waals surface area contributed by atoms with E-state index < -0.39 is 27.7 Å². The minimum atomic E-state index is -4.43. The number of amides is 1. The van der Waals surface area contributed by atoms with Crippen molar-refractivity contribution in [3.8, 4) is 0 Å². The van der Waals surface area contributed by atoms with Gasteiger partial charge in [-0.15, -0.1) is 11.3 Å². The maximum atomic E-state index is 12.7. The zero-order valence-electron chi connectivity index (χ0n) is 13.8. The predicted molar refractivity (Wildman–Crippen MR) is 93.5 cm³/mol. The number of thiophene rings is 1. The SMILES string of the molecule is CS(=O)(=O)NCCc1ccc(C(=O)NCc2cccc(C(F)(F)F)c2)s1. The van der Waals surface area contributed by atoms with Crippen LogP contribution in [0.4, 0.5) is 13.2 Å². The third kappa shape index (κ3) is 6.43. The summed E-state index contributed by atoms with van der Waals surface area (Å²) in [5, 5.41) is 2.58. The second-order valence-electron chi connectivity index (χ2n) is 5.56. The minimum absolute atomic E-state index is 0.0222. The molecule has 26 heavy (non-hydrogen) atoms. The summed E-state index contributed by atoms with van der Waals surface area (Å²) in [7, 11) is -3.26. The lowest BCUT2D eigenvalue weighted by Crippen LogP contribution is -2.24. The van der Waals surface area contributed by atoms with Gasteiger partial charge in [-0.05, 0) is 36.2 Å². The molecule has 2 rings (SSSR count). The molecule has 1 aromatic carbocycles. The monoisotopic (exact) mass is 406 g/mol. The van der Waals surface area contributed by atoms with Crippen LogP contribution in [0.2, 0.25) is 0 Å². The Bertz CT molecular complexity index is 877. The lowest BCUT2D eigenvalue weighted by Gasteiger charge is -2.09.